The Bertz CT molecular complexity index is 762. The quantitative estimate of drug-likeness (QED) is 0.827. The Hall–Kier alpha value is -1.22. The third-order valence-electron chi connectivity index (χ3n) is 4.65. The molecule has 9 heteroatoms. The molecule has 25 heavy (non-hydrogen) atoms. The molecule has 1 amide bonds. The van der Waals surface area contributed by atoms with Gasteiger partial charge >= 0.3 is 0 Å². The van der Waals surface area contributed by atoms with Crippen molar-refractivity contribution in [1.29, 1.82) is 0 Å². The normalized spacial score (nSPS) is 21.1. The van der Waals surface area contributed by atoms with Crippen molar-refractivity contribution < 1.29 is 17.6 Å². The lowest BCUT2D eigenvalue weighted by molar-refractivity contribution is -0.126. The van der Waals surface area contributed by atoms with Crippen LogP contribution in [0, 0.1) is 5.82 Å². The molecule has 0 radical (unpaired) electrons. The Morgan fingerprint density at radius 1 is 1.28 bits per heavy atom. The van der Waals surface area contributed by atoms with E-state index in [9.17, 15) is 17.6 Å². The van der Waals surface area contributed by atoms with E-state index in [-0.39, 0.29) is 35.0 Å². The molecule has 0 bridgehead atoms. The van der Waals surface area contributed by atoms with E-state index in [1.165, 1.54) is 10.4 Å². The van der Waals surface area contributed by atoms with Crippen LogP contribution in [-0.4, -0.2) is 61.8 Å². The molecule has 6 nitrogen and oxygen atoms in total. The second kappa shape index (κ2) is 7.19. The predicted molar refractivity (Wildman–Crippen MR) is 92.4 cm³/mol. The minimum Gasteiger partial charge on any atom is -0.352 e. The maximum Gasteiger partial charge on any atom is 0.243 e. The summed E-state index contributed by atoms with van der Waals surface area (Å²) in [5.74, 6) is -0.662. The molecule has 1 saturated heterocycles. The Morgan fingerprint density at radius 3 is 2.48 bits per heavy atom. The van der Waals surface area contributed by atoms with Crippen LogP contribution in [-0.2, 0) is 14.8 Å². The van der Waals surface area contributed by atoms with Crippen LogP contribution in [0.25, 0.3) is 0 Å². The summed E-state index contributed by atoms with van der Waals surface area (Å²) in [5.41, 5.74) is 0. The summed E-state index contributed by atoms with van der Waals surface area (Å²) in [7, 11) is -3.72. The van der Waals surface area contributed by atoms with E-state index in [0.717, 1.165) is 25.0 Å². The molecule has 2 aliphatic rings. The second-order valence-electron chi connectivity index (χ2n) is 6.47. The van der Waals surface area contributed by atoms with Crippen LogP contribution in [0.15, 0.2) is 23.1 Å². The number of rotatable bonds is 5. The first-order valence-corrected chi connectivity index (χ1v) is 10.1. The summed E-state index contributed by atoms with van der Waals surface area (Å²) in [5, 5.41) is 2.75. The highest BCUT2D eigenvalue weighted by atomic mass is 35.5. The van der Waals surface area contributed by atoms with Gasteiger partial charge < -0.3 is 5.32 Å². The number of sulfonamides is 1. The highest BCUT2D eigenvalue weighted by Crippen LogP contribution is 2.24. The van der Waals surface area contributed by atoms with E-state index in [1.807, 2.05) is 11.8 Å². The van der Waals surface area contributed by atoms with Gasteiger partial charge in [-0.05, 0) is 38.0 Å². The van der Waals surface area contributed by atoms with Gasteiger partial charge in [0.15, 0.2) is 0 Å². The van der Waals surface area contributed by atoms with Gasteiger partial charge in [-0.1, -0.05) is 11.6 Å². The molecule has 1 aromatic rings. The lowest BCUT2D eigenvalue weighted by Gasteiger charge is -2.36. The average molecular weight is 390 g/mol. The first-order chi connectivity index (χ1) is 11.8. The predicted octanol–water partition coefficient (Wildman–Crippen LogP) is 1.45. The van der Waals surface area contributed by atoms with Gasteiger partial charge in [0.25, 0.3) is 0 Å². The summed E-state index contributed by atoms with van der Waals surface area (Å²) in [6.07, 6.45) is 2.06. The Kier molecular flexibility index (Phi) is 5.34. The first kappa shape index (κ1) is 18.6. The number of carbonyl (C=O) groups excluding carboxylic acids is 1. The van der Waals surface area contributed by atoms with Gasteiger partial charge in [0.05, 0.1) is 16.0 Å². The van der Waals surface area contributed by atoms with Crippen LogP contribution < -0.4 is 5.32 Å². The number of amides is 1. The van der Waals surface area contributed by atoms with E-state index in [2.05, 4.69) is 5.32 Å². The molecule has 1 aliphatic heterocycles. The van der Waals surface area contributed by atoms with Crippen molar-refractivity contribution >= 4 is 27.5 Å². The van der Waals surface area contributed by atoms with Crippen molar-refractivity contribution in [3.63, 3.8) is 0 Å². The van der Waals surface area contributed by atoms with Crippen molar-refractivity contribution in [1.82, 2.24) is 14.5 Å². The van der Waals surface area contributed by atoms with E-state index in [4.69, 9.17) is 11.6 Å². The van der Waals surface area contributed by atoms with Gasteiger partial charge in [0, 0.05) is 32.2 Å². The Labute approximate surface area is 152 Å². The summed E-state index contributed by atoms with van der Waals surface area (Å²) >= 11 is 5.69. The van der Waals surface area contributed by atoms with Crippen molar-refractivity contribution in [3.05, 3.63) is 29.0 Å². The summed E-state index contributed by atoms with van der Waals surface area (Å²) in [6, 6.07) is 3.42. The average Bonchev–Trinajstić information content (AvgIpc) is 3.40. The monoisotopic (exact) mass is 389 g/mol. The van der Waals surface area contributed by atoms with Crippen molar-refractivity contribution in [2.24, 2.45) is 0 Å². The second-order valence-corrected chi connectivity index (χ2v) is 8.82. The molecule has 1 heterocycles. The van der Waals surface area contributed by atoms with Crippen LogP contribution in [0.3, 0.4) is 0 Å². The zero-order chi connectivity index (χ0) is 18.2. The minimum absolute atomic E-state index is 0.0101. The topological polar surface area (TPSA) is 69.7 Å². The standard InChI is InChI=1S/C16H21ClFN3O3S/c1-11(16(22)19-12-2-3-12)20-6-8-21(9-7-20)25(23,24)13-4-5-15(18)14(17)10-13/h4-5,10-12H,2-3,6-9H2,1H3,(H,19,22)/t11-/m1/s1. The minimum atomic E-state index is -3.72. The zero-order valence-electron chi connectivity index (χ0n) is 13.9. The number of nitrogens with one attached hydrogen (secondary N) is 1. The molecule has 0 unspecified atom stereocenters. The fourth-order valence-corrected chi connectivity index (χ4v) is 4.53. The third kappa shape index (κ3) is 4.13. The molecule has 0 aromatic heterocycles. The molecule has 3 rings (SSSR count). The molecule has 2 fully saturated rings. The van der Waals surface area contributed by atoms with E-state index < -0.39 is 15.8 Å². The lowest BCUT2D eigenvalue weighted by Crippen LogP contribution is -2.55. The third-order valence-corrected chi connectivity index (χ3v) is 6.84. The van der Waals surface area contributed by atoms with Crippen molar-refractivity contribution in [3.8, 4) is 0 Å². The number of carbonyl (C=O) groups is 1. The molecule has 1 atom stereocenters. The Morgan fingerprint density at radius 2 is 1.92 bits per heavy atom. The van der Waals surface area contributed by atoms with Gasteiger partial charge in [0.1, 0.15) is 5.82 Å². The van der Waals surface area contributed by atoms with E-state index >= 15 is 0 Å². The van der Waals surface area contributed by atoms with Crippen LogP contribution in [0.1, 0.15) is 19.8 Å². The summed E-state index contributed by atoms with van der Waals surface area (Å²) in [4.78, 5) is 14.1. The maximum absolute atomic E-state index is 13.3. The van der Waals surface area contributed by atoms with Crippen molar-refractivity contribution in [2.45, 2.75) is 36.7 Å². The van der Waals surface area contributed by atoms with Gasteiger partial charge in [-0.15, -0.1) is 0 Å². The number of hydrogen-bond acceptors (Lipinski definition) is 4. The van der Waals surface area contributed by atoms with Gasteiger partial charge in [0.2, 0.25) is 15.9 Å². The SMILES string of the molecule is C[C@H](C(=O)NC1CC1)N1CCN(S(=O)(=O)c2ccc(F)c(Cl)c2)CC1. The number of piperazine rings is 1. The van der Waals surface area contributed by atoms with Gasteiger partial charge in [-0.2, -0.15) is 4.31 Å². The molecule has 1 aliphatic carbocycles. The number of hydrogen-bond donors (Lipinski definition) is 1. The lowest BCUT2D eigenvalue weighted by atomic mass is 10.2. The maximum atomic E-state index is 13.3. The van der Waals surface area contributed by atoms with Crippen LogP contribution in [0.4, 0.5) is 4.39 Å². The molecule has 138 valence electrons. The fraction of sp³-hybridized carbons (Fsp3) is 0.562. The van der Waals surface area contributed by atoms with E-state index in [0.29, 0.717) is 19.1 Å². The molecule has 1 N–H and O–H groups in total. The largest absolute Gasteiger partial charge is 0.352 e. The van der Waals surface area contributed by atoms with Crippen LogP contribution >= 0.6 is 11.6 Å². The number of nitrogens with zero attached hydrogens (tertiary/aromatic N) is 2. The molecular weight excluding hydrogens is 369 g/mol. The van der Waals surface area contributed by atoms with Crippen molar-refractivity contribution in [2.75, 3.05) is 26.2 Å². The van der Waals surface area contributed by atoms with E-state index in [1.54, 1.807) is 0 Å². The molecular formula is C16H21ClFN3O3S. The van der Waals surface area contributed by atoms with Gasteiger partial charge in [-0.25, -0.2) is 12.8 Å². The fourth-order valence-electron chi connectivity index (χ4n) is 2.83. The smallest absolute Gasteiger partial charge is 0.243 e. The molecule has 1 aromatic carbocycles. The Balaban J connectivity index is 1.62. The highest BCUT2D eigenvalue weighted by Gasteiger charge is 2.33. The summed E-state index contributed by atoms with van der Waals surface area (Å²) < 4.78 is 39.9. The summed E-state index contributed by atoms with van der Waals surface area (Å²) in [6.45, 7) is 3.32. The highest BCUT2D eigenvalue weighted by molar-refractivity contribution is 7.89. The molecule has 0 spiro atoms. The van der Waals surface area contributed by atoms with Crippen LogP contribution in [0.5, 0.6) is 0 Å². The zero-order valence-corrected chi connectivity index (χ0v) is 15.5. The number of benzene rings is 1. The van der Waals surface area contributed by atoms with Gasteiger partial charge in [-0.3, -0.25) is 9.69 Å². The first-order valence-electron chi connectivity index (χ1n) is 8.28. The molecule has 1 saturated carbocycles. The van der Waals surface area contributed by atoms with Crippen LogP contribution in [0.2, 0.25) is 5.02 Å². The number of halogens is 2.